The van der Waals surface area contributed by atoms with E-state index >= 15 is 0 Å². The molecule has 11 heteroatoms. The molecule has 142 valence electrons. The summed E-state index contributed by atoms with van der Waals surface area (Å²) in [4.78, 5) is 17.3. The number of anilines is 1. The quantitative estimate of drug-likeness (QED) is 0.622. The molecule has 0 aliphatic carbocycles. The van der Waals surface area contributed by atoms with E-state index in [0.29, 0.717) is 16.5 Å². The molecule has 0 radical (unpaired) electrons. The third-order valence-corrected chi connectivity index (χ3v) is 5.71. The van der Waals surface area contributed by atoms with Crippen molar-refractivity contribution in [3.05, 3.63) is 52.7 Å². The highest BCUT2D eigenvalue weighted by molar-refractivity contribution is 7.92. The van der Waals surface area contributed by atoms with Gasteiger partial charge in [-0.15, -0.1) is 11.3 Å². The zero-order valence-electron chi connectivity index (χ0n) is 14.1. The molecule has 3 rings (SSSR count). The van der Waals surface area contributed by atoms with Crippen LogP contribution in [0.2, 0.25) is 5.02 Å². The average Bonchev–Trinajstić information content (AvgIpc) is 3.29. The Labute approximate surface area is 164 Å². The zero-order chi connectivity index (χ0) is 19.4. The summed E-state index contributed by atoms with van der Waals surface area (Å²) in [5, 5.41) is 8.78. The topological polar surface area (TPSA) is 105 Å². The second-order valence-electron chi connectivity index (χ2n) is 5.51. The highest BCUT2D eigenvalue weighted by Gasteiger charge is 2.21. The van der Waals surface area contributed by atoms with Crippen molar-refractivity contribution < 1.29 is 17.7 Å². The van der Waals surface area contributed by atoms with Gasteiger partial charge in [-0.1, -0.05) is 22.8 Å². The maximum atomic E-state index is 12.2. The highest BCUT2D eigenvalue weighted by atomic mass is 35.5. The van der Waals surface area contributed by atoms with E-state index in [4.69, 9.17) is 16.1 Å². The molecule has 2 heterocycles. The van der Waals surface area contributed by atoms with Gasteiger partial charge in [-0.3, -0.25) is 9.10 Å². The number of carbonyl (C=O) groups excluding carboxylic acids is 1. The van der Waals surface area contributed by atoms with Crippen LogP contribution < -0.4 is 9.62 Å². The van der Waals surface area contributed by atoms with Crippen LogP contribution in [0.4, 0.5) is 5.69 Å². The van der Waals surface area contributed by atoms with Crippen LogP contribution in [-0.2, 0) is 21.4 Å². The van der Waals surface area contributed by atoms with Gasteiger partial charge in [0.1, 0.15) is 6.54 Å². The molecule has 0 spiro atoms. The van der Waals surface area contributed by atoms with Crippen LogP contribution in [0.15, 0.2) is 46.3 Å². The van der Waals surface area contributed by atoms with Crippen molar-refractivity contribution in [3.63, 3.8) is 0 Å². The van der Waals surface area contributed by atoms with Gasteiger partial charge in [0.15, 0.2) is 0 Å². The number of hydrogen-bond donors (Lipinski definition) is 1. The van der Waals surface area contributed by atoms with Gasteiger partial charge >= 0.3 is 0 Å². The van der Waals surface area contributed by atoms with Gasteiger partial charge < -0.3 is 9.84 Å². The normalized spacial score (nSPS) is 11.3. The molecule has 3 aromatic rings. The monoisotopic (exact) mass is 426 g/mol. The smallest absolute Gasteiger partial charge is 0.246 e. The van der Waals surface area contributed by atoms with E-state index in [1.54, 1.807) is 12.1 Å². The molecule has 0 bridgehead atoms. The third kappa shape index (κ3) is 5.06. The molecule has 1 amide bonds. The highest BCUT2D eigenvalue weighted by Crippen LogP contribution is 2.22. The number of rotatable bonds is 7. The lowest BCUT2D eigenvalue weighted by Crippen LogP contribution is -2.40. The van der Waals surface area contributed by atoms with Gasteiger partial charge in [-0.2, -0.15) is 4.98 Å². The fraction of sp³-hybridized carbons (Fsp3) is 0.188. The Morgan fingerprint density at radius 1 is 1.30 bits per heavy atom. The third-order valence-electron chi connectivity index (χ3n) is 3.45. The van der Waals surface area contributed by atoms with Crippen molar-refractivity contribution in [3.8, 4) is 10.7 Å². The first-order chi connectivity index (χ1) is 12.8. The SMILES string of the molecule is CS(=O)(=O)N(CC(=O)NCc1nc(-c2cccs2)no1)c1ccc(Cl)cc1. The minimum atomic E-state index is -3.65. The Balaban J connectivity index is 1.64. The fourth-order valence-electron chi connectivity index (χ4n) is 2.20. The number of aromatic nitrogens is 2. The number of halogens is 1. The van der Waals surface area contributed by atoms with E-state index in [1.807, 2.05) is 17.5 Å². The molecule has 0 saturated heterocycles. The second-order valence-corrected chi connectivity index (χ2v) is 8.80. The molecule has 0 atom stereocenters. The average molecular weight is 427 g/mol. The molecular weight excluding hydrogens is 412 g/mol. The molecule has 0 fully saturated rings. The zero-order valence-corrected chi connectivity index (χ0v) is 16.5. The van der Waals surface area contributed by atoms with Crippen LogP contribution >= 0.6 is 22.9 Å². The van der Waals surface area contributed by atoms with Gasteiger partial charge in [0.05, 0.1) is 23.4 Å². The van der Waals surface area contributed by atoms with E-state index in [-0.39, 0.29) is 19.0 Å². The van der Waals surface area contributed by atoms with Crippen LogP contribution in [0.1, 0.15) is 5.89 Å². The molecule has 8 nitrogen and oxygen atoms in total. The van der Waals surface area contributed by atoms with Crippen LogP contribution in [0.25, 0.3) is 10.7 Å². The number of carbonyl (C=O) groups is 1. The van der Waals surface area contributed by atoms with Gasteiger partial charge in [-0.05, 0) is 35.7 Å². The van der Waals surface area contributed by atoms with E-state index < -0.39 is 15.9 Å². The predicted molar refractivity (Wildman–Crippen MR) is 103 cm³/mol. The van der Waals surface area contributed by atoms with Crippen molar-refractivity contribution >= 4 is 44.6 Å². The minimum absolute atomic E-state index is 0.00454. The second kappa shape index (κ2) is 8.07. The molecule has 27 heavy (non-hydrogen) atoms. The molecule has 1 aromatic carbocycles. The first-order valence-electron chi connectivity index (χ1n) is 7.69. The maximum absolute atomic E-state index is 12.2. The number of sulfonamides is 1. The molecule has 0 aliphatic heterocycles. The van der Waals surface area contributed by atoms with Crippen molar-refractivity contribution in [1.82, 2.24) is 15.5 Å². The number of hydrogen-bond acceptors (Lipinski definition) is 7. The van der Waals surface area contributed by atoms with Crippen molar-refractivity contribution in [1.29, 1.82) is 0 Å². The number of amides is 1. The van der Waals surface area contributed by atoms with E-state index in [1.165, 1.54) is 23.5 Å². The lowest BCUT2D eigenvalue weighted by atomic mass is 10.3. The van der Waals surface area contributed by atoms with Gasteiger partial charge in [-0.25, -0.2) is 8.42 Å². The Bertz CT molecular complexity index is 1020. The number of thiophene rings is 1. The Morgan fingerprint density at radius 2 is 2.04 bits per heavy atom. The van der Waals surface area contributed by atoms with Crippen LogP contribution in [0, 0.1) is 0 Å². The lowest BCUT2D eigenvalue weighted by Gasteiger charge is -2.21. The predicted octanol–water partition coefficient (Wildman–Crippen LogP) is 2.53. The standard InChI is InChI=1S/C16H15ClN4O4S2/c1-27(23,24)21(12-6-4-11(17)5-7-12)10-14(22)18-9-15-19-16(20-25-15)13-3-2-8-26-13/h2-8H,9-10H2,1H3,(H,18,22). The first-order valence-corrected chi connectivity index (χ1v) is 10.8. The minimum Gasteiger partial charge on any atom is -0.345 e. The number of nitrogens with zero attached hydrogens (tertiary/aromatic N) is 3. The summed E-state index contributed by atoms with van der Waals surface area (Å²) in [5.41, 5.74) is 0.342. The summed E-state index contributed by atoms with van der Waals surface area (Å²) in [6.07, 6.45) is 1.03. The maximum Gasteiger partial charge on any atom is 0.246 e. The molecule has 0 saturated carbocycles. The van der Waals surface area contributed by atoms with Crippen LogP contribution in [0.5, 0.6) is 0 Å². The van der Waals surface area contributed by atoms with Crippen LogP contribution in [-0.4, -0.2) is 37.3 Å². The van der Waals surface area contributed by atoms with E-state index in [2.05, 4.69) is 15.5 Å². The molecule has 0 aliphatic rings. The van der Waals surface area contributed by atoms with Gasteiger partial charge in [0.2, 0.25) is 27.6 Å². The van der Waals surface area contributed by atoms with Crippen LogP contribution in [0.3, 0.4) is 0 Å². The van der Waals surface area contributed by atoms with Gasteiger partial charge in [0, 0.05) is 5.02 Å². The number of nitrogens with one attached hydrogen (secondary N) is 1. The van der Waals surface area contributed by atoms with Crippen molar-refractivity contribution in [2.45, 2.75) is 6.54 Å². The molecule has 0 unspecified atom stereocenters. The summed E-state index contributed by atoms with van der Waals surface area (Å²) < 4.78 is 30.2. The Morgan fingerprint density at radius 3 is 2.67 bits per heavy atom. The summed E-state index contributed by atoms with van der Waals surface area (Å²) in [5.74, 6) is 0.156. The fourth-order valence-corrected chi connectivity index (χ4v) is 3.83. The molecule has 1 N–H and O–H groups in total. The van der Waals surface area contributed by atoms with E-state index in [9.17, 15) is 13.2 Å². The Kier molecular flexibility index (Phi) is 5.78. The van der Waals surface area contributed by atoms with E-state index in [0.717, 1.165) is 15.4 Å². The first kappa shape index (κ1) is 19.3. The summed E-state index contributed by atoms with van der Waals surface area (Å²) in [6, 6.07) is 9.89. The summed E-state index contributed by atoms with van der Waals surface area (Å²) in [7, 11) is -3.65. The summed E-state index contributed by atoms with van der Waals surface area (Å²) in [6.45, 7) is -0.387. The van der Waals surface area contributed by atoms with Gasteiger partial charge in [0.25, 0.3) is 0 Å². The number of benzene rings is 1. The van der Waals surface area contributed by atoms with Crippen molar-refractivity contribution in [2.75, 3.05) is 17.1 Å². The van der Waals surface area contributed by atoms with Crippen molar-refractivity contribution in [2.24, 2.45) is 0 Å². The Hall–Kier alpha value is -2.43. The largest absolute Gasteiger partial charge is 0.345 e. The lowest BCUT2D eigenvalue weighted by molar-refractivity contribution is -0.119. The molecular formula is C16H15ClN4O4S2. The summed E-state index contributed by atoms with van der Waals surface area (Å²) >= 11 is 7.29. The molecule has 2 aromatic heterocycles.